The maximum absolute atomic E-state index is 13.0. The molecule has 0 unspecified atom stereocenters. The number of aryl methyl sites for hydroxylation is 1. The fourth-order valence-corrected chi connectivity index (χ4v) is 1.89. The number of rotatable bonds is 5. The van der Waals surface area contributed by atoms with Crippen molar-refractivity contribution in [3.8, 4) is 0 Å². The first-order valence-electron chi connectivity index (χ1n) is 6.41. The van der Waals surface area contributed by atoms with E-state index in [0.717, 1.165) is 25.2 Å². The Labute approximate surface area is 116 Å². The maximum atomic E-state index is 13.0. The number of hydrogen-bond donors (Lipinski definition) is 1. The molecule has 1 N–H and O–H groups in total. The average molecular weight is 277 g/mol. The van der Waals surface area contributed by atoms with Gasteiger partial charge in [0.25, 0.3) is 5.91 Å². The van der Waals surface area contributed by atoms with Crippen LogP contribution in [0.15, 0.2) is 24.8 Å². The molecule has 106 valence electrons. The normalized spacial score (nSPS) is 12.2. The van der Waals surface area contributed by atoms with Crippen molar-refractivity contribution in [2.24, 2.45) is 0 Å². The average Bonchev–Trinajstić information content (AvgIpc) is 2.87. The Hall–Kier alpha value is -2.31. The minimum atomic E-state index is -0.542. The predicted octanol–water partition coefficient (Wildman–Crippen LogP) is 1.71. The molecule has 1 atom stereocenters. The van der Waals surface area contributed by atoms with Crippen molar-refractivity contribution < 1.29 is 9.18 Å². The molecule has 0 aromatic carbocycles. The topological polar surface area (TPSA) is 72.7 Å². The predicted molar refractivity (Wildman–Crippen MR) is 70.4 cm³/mol. The second kappa shape index (κ2) is 6.23. The molecule has 0 saturated heterocycles. The van der Waals surface area contributed by atoms with Gasteiger partial charge in [-0.3, -0.25) is 9.78 Å². The quantitative estimate of drug-likeness (QED) is 0.903. The van der Waals surface area contributed by atoms with Crippen molar-refractivity contribution in [2.75, 3.05) is 0 Å². The fraction of sp³-hybridized carbons (Fsp3) is 0.385. The summed E-state index contributed by atoms with van der Waals surface area (Å²) in [5.41, 5.74) is 0.179. The molecule has 20 heavy (non-hydrogen) atoms. The van der Waals surface area contributed by atoms with E-state index in [4.69, 9.17) is 0 Å². The first-order chi connectivity index (χ1) is 9.61. The highest BCUT2D eigenvalue weighted by Crippen LogP contribution is 2.11. The van der Waals surface area contributed by atoms with Crippen LogP contribution < -0.4 is 5.32 Å². The molecular weight excluding hydrogens is 261 g/mol. The molecule has 0 bridgehead atoms. The van der Waals surface area contributed by atoms with Crippen molar-refractivity contribution in [3.63, 3.8) is 0 Å². The second-order valence-corrected chi connectivity index (χ2v) is 4.47. The number of amides is 1. The third-order valence-corrected chi connectivity index (χ3v) is 2.81. The van der Waals surface area contributed by atoms with Crippen molar-refractivity contribution in [2.45, 2.75) is 32.9 Å². The monoisotopic (exact) mass is 277 g/mol. The molecule has 2 heterocycles. The number of nitrogens with zero attached hydrogens (tertiary/aromatic N) is 4. The zero-order valence-corrected chi connectivity index (χ0v) is 11.4. The zero-order valence-electron chi connectivity index (χ0n) is 11.4. The lowest BCUT2D eigenvalue weighted by Gasteiger charge is -2.14. The third kappa shape index (κ3) is 3.17. The largest absolute Gasteiger partial charge is 0.342 e. The van der Waals surface area contributed by atoms with Crippen molar-refractivity contribution in [1.82, 2.24) is 25.1 Å². The van der Waals surface area contributed by atoms with Gasteiger partial charge in [0.2, 0.25) is 0 Å². The van der Waals surface area contributed by atoms with Crippen molar-refractivity contribution in [3.05, 3.63) is 42.0 Å². The molecule has 0 spiro atoms. The van der Waals surface area contributed by atoms with Crippen LogP contribution in [-0.4, -0.2) is 25.7 Å². The molecule has 1 amide bonds. The first-order valence-corrected chi connectivity index (χ1v) is 6.41. The molecule has 2 rings (SSSR count). The fourth-order valence-electron chi connectivity index (χ4n) is 1.89. The molecule has 7 heteroatoms. The van der Waals surface area contributed by atoms with Crippen LogP contribution in [0.5, 0.6) is 0 Å². The Morgan fingerprint density at radius 1 is 1.50 bits per heavy atom. The summed E-state index contributed by atoms with van der Waals surface area (Å²) in [4.78, 5) is 15.6. The summed E-state index contributed by atoms with van der Waals surface area (Å²) in [7, 11) is 0. The molecular formula is C13H16FN5O. The van der Waals surface area contributed by atoms with Gasteiger partial charge in [-0.1, -0.05) is 6.92 Å². The molecule has 2 aromatic rings. The van der Waals surface area contributed by atoms with Gasteiger partial charge in [0.1, 0.15) is 12.1 Å². The minimum absolute atomic E-state index is 0.179. The van der Waals surface area contributed by atoms with Gasteiger partial charge in [-0.15, -0.1) is 10.2 Å². The van der Waals surface area contributed by atoms with Gasteiger partial charge in [-0.25, -0.2) is 4.39 Å². The van der Waals surface area contributed by atoms with Crippen LogP contribution in [0, 0.1) is 5.82 Å². The molecule has 0 aliphatic heterocycles. The summed E-state index contributed by atoms with van der Waals surface area (Å²) in [6, 6.07) is 0.825. The van der Waals surface area contributed by atoms with Crippen LogP contribution in [0.3, 0.4) is 0 Å². The van der Waals surface area contributed by atoms with Gasteiger partial charge in [0, 0.05) is 12.7 Å². The van der Waals surface area contributed by atoms with E-state index in [1.807, 2.05) is 11.5 Å². The Morgan fingerprint density at radius 3 is 3.00 bits per heavy atom. The van der Waals surface area contributed by atoms with E-state index >= 15 is 0 Å². The number of pyridine rings is 1. The van der Waals surface area contributed by atoms with E-state index in [9.17, 15) is 9.18 Å². The SMILES string of the molecule is CCCn1cnnc1[C@H](C)NC(=O)c1cncc(F)c1. The molecule has 0 aliphatic carbocycles. The van der Waals surface area contributed by atoms with Crippen LogP contribution in [0.4, 0.5) is 4.39 Å². The smallest absolute Gasteiger partial charge is 0.253 e. The lowest BCUT2D eigenvalue weighted by atomic mass is 10.2. The van der Waals surface area contributed by atoms with Crippen LogP contribution >= 0.6 is 0 Å². The van der Waals surface area contributed by atoms with Gasteiger partial charge >= 0.3 is 0 Å². The zero-order chi connectivity index (χ0) is 14.5. The standard InChI is InChI=1S/C13H16FN5O/c1-3-4-19-8-16-18-12(19)9(2)17-13(20)10-5-11(14)7-15-6-10/h5-9H,3-4H2,1-2H3,(H,17,20)/t9-/m0/s1. The van der Waals surface area contributed by atoms with Crippen LogP contribution in [0.1, 0.15) is 42.5 Å². The van der Waals surface area contributed by atoms with E-state index in [2.05, 4.69) is 20.5 Å². The van der Waals surface area contributed by atoms with E-state index in [1.54, 1.807) is 13.3 Å². The van der Waals surface area contributed by atoms with Crippen LogP contribution in [0.2, 0.25) is 0 Å². The van der Waals surface area contributed by atoms with E-state index < -0.39 is 11.7 Å². The van der Waals surface area contributed by atoms with Gasteiger partial charge in [0.05, 0.1) is 17.8 Å². The Bertz CT molecular complexity index is 598. The highest BCUT2D eigenvalue weighted by Gasteiger charge is 2.16. The van der Waals surface area contributed by atoms with Crippen molar-refractivity contribution >= 4 is 5.91 Å². The summed E-state index contributed by atoms with van der Waals surface area (Å²) in [6.45, 7) is 4.64. The van der Waals surface area contributed by atoms with E-state index in [-0.39, 0.29) is 11.6 Å². The Kier molecular flexibility index (Phi) is 4.39. The molecule has 6 nitrogen and oxygen atoms in total. The second-order valence-electron chi connectivity index (χ2n) is 4.47. The highest BCUT2D eigenvalue weighted by molar-refractivity contribution is 5.94. The molecule has 0 radical (unpaired) electrons. The summed E-state index contributed by atoms with van der Waals surface area (Å²) in [5, 5.41) is 10.6. The lowest BCUT2D eigenvalue weighted by Crippen LogP contribution is -2.29. The Morgan fingerprint density at radius 2 is 2.30 bits per heavy atom. The van der Waals surface area contributed by atoms with Crippen LogP contribution in [0.25, 0.3) is 0 Å². The molecule has 0 saturated carbocycles. The maximum Gasteiger partial charge on any atom is 0.253 e. The Balaban J connectivity index is 2.09. The van der Waals surface area contributed by atoms with Crippen LogP contribution in [-0.2, 0) is 6.54 Å². The minimum Gasteiger partial charge on any atom is -0.342 e. The number of carbonyl (C=O) groups excluding carboxylic acids is 1. The number of halogens is 1. The number of nitrogens with one attached hydrogen (secondary N) is 1. The lowest BCUT2D eigenvalue weighted by molar-refractivity contribution is 0.0936. The number of carbonyl (C=O) groups is 1. The molecule has 0 fully saturated rings. The van der Waals surface area contributed by atoms with Crippen molar-refractivity contribution in [1.29, 1.82) is 0 Å². The third-order valence-electron chi connectivity index (χ3n) is 2.81. The van der Waals surface area contributed by atoms with E-state index in [1.165, 1.54) is 6.20 Å². The van der Waals surface area contributed by atoms with Gasteiger partial charge < -0.3 is 9.88 Å². The number of hydrogen-bond acceptors (Lipinski definition) is 4. The van der Waals surface area contributed by atoms with Gasteiger partial charge in [0.15, 0.2) is 5.82 Å². The highest BCUT2D eigenvalue weighted by atomic mass is 19.1. The van der Waals surface area contributed by atoms with E-state index in [0.29, 0.717) is 5.82 Å². The van der Waals surface area contributed by atoms with Gasteiger partial charge in [-0.05, 0) is 19.4 Å². The first kappa shape index (κ1) is 14.1. The summed E-state index contributed by atoms with van der Waals surface area (Å²) in [6.07, 6.45) is 4.95. The summed E-state index contributed by atoms with van der Waals surface area (Å²) >= 11 is 0. The van der Waals surface area contributed by atoms with Gasteiger partial charge in [-0.2, -0.15) is 0 Å². The summed E-state index contributed by atoms with van der Waals surface area (Å²) < 4.78 is 14.9. The molecule has 0 aliphatic rings. The number of aromatic nitrogens is 4. The summed E-state index contributed by atoms with van der Waals surface area (Å²) in [5.74, 6) is -0.264. The molecule has 2 aromatic heterocycles.